The molecule has 0 radical (unpaired) electrons. The highest BCUT2D eigenvalue weighted by atomic mass is 79.9. The van der Waals surface area contributed by atoms with Gasteiger partial charge in [-0.15, -0.1) is 0 Å². The first-order valence-corrected chi connectivity index (χ1v) is 5.81. The number of ether oxygens (including phenoxy) is 2. The number of halogens is 1. The summed E-state index contributed by atoms with van der Waals surface area (Å²) in [5.41, 5.74) is 0. The maximum atomic E-state index is 5.67. The molecule has 1 saturated carbocycles. The molecule has 1 atom stereocenters. The van der Waals surface area contributed by atoms with Crippen LogP contribution in [0, 0.1) is 5.92 Å². The molecule has 0 N–H and O–H groups in total. The van der Waals surface area contributed by atoms with Crippen LogP contribution in [0.3, 0.4) is 0 Å². The molecule has 2 fully saturated rings. The average Bonchev–Trinajstić information content (AvgIpc) is 2.53. The third-order valence-corrected chi connectivity index (χ3v) is 3.72. The second kappa shape index (κ2) is 3.64. The molecule has 0 aromatic rings. The highest BCUT2D eigenvalue weighted by Crippen LogP contribution is 2.39. The summed E-state index contributed by atoms with van der Waals surface area (Å²) >= 11 is 3.53. The second-order valence-electron chi connectivity index (χ2n) is 3.72. The molecule has 2 aliphatic rings. The lowest BCUT2D eigenvalue weighted by Crippen LogP contribution is -2.36. The lowest BCUT2D eigenvalue weighted by molar-refractivity contribution is -0.184. The van der Waals surface area contributed by atoms with E-state index in [-0.39, 0.29) is 5.79 Å². The molecule has 0 bridgehead atoms. The van der Waals surface area contributed by atoms with Crippen molar-refractivity contribution in [3.63, 3.8) is 0 Å². The average molecular weight is 235 g/mol. The van der Waals surface area contributed by atoms with Crippen LogP contribution < -0.4 is 0 Å². The predicted molar refractivity (Wildman–Crippen MR) is 50.4 cm³/mol. The molecule has 70 valence electrons. The maximum Gasteiger partial charge on any atom is 0.168 e. The van der Waals surface area contributed by atoms with Gasteiger partial charge in [-0.1, -0.05) is 15.9 Å². The Kier molecular flexibility index (Phi) is 2.72. The van der Waals surface area contributed by atoms with Crippen LogP contribution in [-0.4, -0.2) is 24.3 Å². The zero-order valence-corrected chi connectivity index (χ0v) is 8.81. The van der Waals surface area contributed by atoms with Crippen LogP contribution in [0.2, 0.25) is 0 Å². The smallest absolute Gasteiger partial charge is 0.168 e. The molecule has 3 heteroatoms. The van der Waals surface area contributed by atoms with E-state index in [1.165, 1.54) is 12.8 Å². The normalized spacial score (nSPS) is 34.2. The fourth-order valence-electron chi connectivity index (χ4n) is 2.19. The SMILES string of the molecule is BrCC1CCCC2(C1)OCCO2. The Morgan fingerprint density at radius 1 is 1.33 bits per heavy atom. The van der Waals surface area contributed by atoms with E-state index in [2.05, 4.69) is 15.9 Å². The Balaban J connectivity index is 1.97. The third kappa shape index (κ3) is 1.68. The van der Waals surface area contributed by atoms with Gasteiger partial charge in [-0.25, -0.2) is 0 Å². The minimum absolute atomic E-state index is 0.184. The molecular weight excluding hydrogens is 220 g/mol. The zero-order chi connectivity index (χ0) is 8.44. The topological polar surface area (TPSA) is 18.5 Å². The standard InChI is InChI=1S/C9H15BrO2/c10-7-8-2-1-3-9(6-8)11-4-5-12-9/h8H,1-7H2. The molecule has 0 amide bonds. The van der Waals surface area contributed by atoms with Gasteiger partial charge in [-0.3, -0.25) is 0 Å². The van der Waals surface area contributed by atoms with E-state index >= 15 is 0 Å². The highest BCUT2D eigenvalue weighted by molar-refractivity contribution is 9.09. The van der Waals surface area contributed by atoms with Crippen LogP contribution in [0.4, 0.5) is 0 Å². The lowest BCUT2D eigenvalue weighted by atomic mass is 9.86. The molecule has 1 aliphatic heterocycles. The van der Waals surface area contributed by atoms with Crippen molar-refractivity contribution >= 4 is 15.9 Å². The van der Waals surface area contributed by atoms with Gasteiger partial charge in [0.15, 0.2) is 5.79 Å². The van der Waals surface area contributed by atoms with Crippen LogP contribution >= 0.6 is 15.9 Å². The van der Waals surface area contributed by atoms with Gasteiger partial charge in [0.25, 0.3) is 0 Å². The van der Waals surface area contributed by atoms with Crippen LogP contribution in [0.5, 0.6) is 0 Å². The third-order valence-electron chi connectivity index (χ3n) is 2.80. The van der Waals surface area contributed by atoms with Crippen LogP contribution in [0.15, 0.2) is 0 Å². The predicted octanol–water partition coefficient (Wildman–Crippen LogP) is 2.31. The Bertz CT molecular complexity index is 155. The van der Waals surface area contributed by atoms with Gasteiger partial charge in [0.05, 0.1) is 13.2 Å². The molecule has 0 aromatic carbocycles. The summed E-state index contributed by atoms with van der Waals surface area (Å²) in [4.78, 5) is 0. The van der Waals surface area contributed by atoms with Gasteiger partial charge in [0.2, 0.25) is 0 Å². The molecule has 0 aromatic heterocycles. The quantitative estimate of drug-likeness (QED) is 0.649. The van der Waals surface area contributed by atoms with Crippen molar-refractivity contribution in [3.8, 4) is 0 Å². The van der Waals surface area contributed by atoms with Crippen molar-refractivity contribution < 1.29 is 9.47 Å². The van der Waals surface area contributed by atoms with Gasteiger partial charge < -0.3 is 9.47 Å². The van der Waals surface area contributed by atoms with Crippen molar-refractivity contribution in [2.45, 2.75) is 31.5 Å². The van der Waals surface area contributed by atoms with E-state index in [1.807, 2.05) is 0 Å². The second-order valence-corrected chi connectivity index (χ2v) is 4.37. The van der Waals surface area contributed by atoms with Gasteiger partial charge >= 0.3 is 0 Å². The summed E-state index contributed by atoms with van der Waals surface area (Å²) < 4.78 is 11.3. The molecule has 1 unspecified atom stereocenters. The van der Waals surface area contributed by atoms with Crippen molar-refractivity contribution in [1.29, 1.82) is 0 Å². The molecule has 2 rings (SSSR count). The van der Waals surface area contributed by atoms with E-state index < -0.39 is 0 Å². The largest absolute Gasteiger partial charge is 0.348 e. The summed E-state index contributed by atoms with van der Waals surface area (Å²) in [6, 6.07) is 0. The number of alkyl halides is 1. The van der Waals surface area contributed by atoms with E-state index in [1.54, 1.807) is 0 Å². The van der Waals surface area contributed by atoms with Gasteiger partial charge in [-0.2, -0.15) is 0 Å². The first-order chi connectivity index (χ1) is 5.85. The lowest BCUT2D eigenvalue weighted by Gasteiger charge is -2.35. The molecular formula is C9H15BrO2. The molecule has 12 heavy (non-hydrogen) atoms. The Hall–Kier alpha value is 0.400. The van der Waals surface area contributed by atoms with E-state index in [0.29, 0.717) is 0 Å². The Labute approximate surface area is 81.7 Å². The fourth-order valence-corrected chi connectivity index (χ4v) is 2.75. The van der Waals surface area contributed by atoms with Crippen LogP contribution in [-0.2, 0) is 9.47 Å². The minimum Gasteiger partial charge on any atom is -0.348 e. The monoisotopic (exact) mass is 234 g/mol. The van der Waals surface area contributed by atoms with Crippen LogP contribution in [0.25, 0.3) is 0 Å². The first-order valence-electron chi connectivity index (χ1n) is 4.68. The van der Waals surface area contributed by atoms with E-state index in [4.69, 9.17) is 9.47 Å². The molecule has 1 spiro atoms. The first kappa shape index (κ1) is 8.97. The molecule has 1 saturated heterocycles. The number of rotatable bonds is 1. The summed E-state index contributed by atoms with van der Waals surface area (Å²) in [6.07, 6.45) is 4.74. The maximum absolute atomic E-state index is 5.67. The van der Waals surface area contributed by atoms with Crippen molar-refractivity contribution in [1.82, 2.24) is 0 Å². The van der Waals surface area contributed by atoms with Crippen molar-refractivity contribution in [2.24, 2.45) is 5.92 Å². The Morgan fingerprint density at radius 2 is 2.08 bits per heavy atom. The minimum atomic E-state index is -0.184. The number of hydrogen-bond acceptors (Lipinski definition) is 2. The van der Waals surface area contributed by atoms with Gasteiger partial charge in [-0.05, 0) is 18.8 Å². The van der Waals surface area contributed by atoms with Crippen LogP contribution in [0.1, 0.15) is 25.7 Å². The summed E-state index contributed by atoms with van der Waals surface area (Å²) in [6.45, 7) is 1.57. The zero-order valence-electron chi connectivity index (χ0n) is 7.22. The fraction of sp³-hybridized carbons (Fsp3) is 1.00. The van der Waals surface area contributed by atoms with Gasteiger partial charge in [0, 0.05) is 18.2 Å². The molecule has 1 heterocycles. The molecule has 2 nitrogen and oxygen atoms in total. The Morgan fingerprint density at radius 3 is 2.75 bits per heavy atom. The number of hydrogen-bond donors (Lipinski definition) is 0. The summed E-state index contributed by atoms with van der Waals surface area (Å²) in [5, 5.41) is 1.08. The van der Waals surface area contributed by atoms with Crippen molar-refractivity contribution in [3.05, 3.63) is 0 Å². The van der Waals surface area contributed by atoms with E-state index in [9.17, 15) is 0 Å². The molecule has 1 aliphatic carbocycles. The summed E-state index contributed by atoms with van der Waals surface area (Å²) in [5.74, 6) is 0.563. The highest BCUT2D eigenvalue weighted by Gasteiger charge is 2.40. The summed E-state index contributed by atoms with van der Waals surface area (Å²) in [7, 11) is 0. The van der Waals surface area contributed by atoms with Gasteiger partial charge in [0.1, 0.15) is 0 Å². The van der Waals surface area contributed by atoms with E-state index in [0.717, 1.165) is 37.3 Å². The van der Waals surface area contributed by atoms with Crippen molar-refractivity contribution in [2.75, 3.05) is 18.5 Å².